The number of hydrogen-bond donors (Lipinski definition) is 0. The quantitative estimate of drug-likeness (QED) is 0.141. The summed E-state index contributed by atoms with van der Waals surface area (Å²) >= 11 is 0. The van der Waals surface area contributed by atoms with Crippen LogP contribution in [0.15, 0.2) is 60.9 Å². The first-order chi connectivity index (χ1) is 30.7. The first-order valence-electron chi connectivity index (χ1n) is 27.2. The molecule has 5 fully saturated rings. The monoisotopic (exact) mass is 839 g/mol. The molecule has 0 radical (unpaired) electrons. The summed E-state index contributed by atoms with van der Waals surface area (Å²) in [5.74, 6) is 9.33. The Hall–Kier alpha value is -3.26. The van der Waals surface area contributed by atoms with Crippen molar-refractivity contribution in [1.29, 1.82) is 0 Å². The van der Waals surface area contributed by atoms with Crippen LogP contribution in [0.5, 0.6) is 0 Å². The fraction of sp³-hybridized carbons (Fsp3) is 0.639. The van der Waals surface area contributed by atoms with Crippen molar-refractivity contribution in [2.24, 2.45) is 29.6 Å². The summed E-state index contributed by atoms with van der Waals surface area (Å²) in [6.07, 6.45) is 32.9. The van der Waals surface area contributed by atoms with Gasteiger partial charge in [0.15, 0.2) is 17.9 Å². The van der Waals surface area contributed by atoms with E-state index in [1.165, 1.54) is 133 Å². The first-order valence-corrected chi connectivity index (χ1v) is 27.2. The highest BCUT2D eigenvalue weighted by atomic mass is 15.1. The molecule has 2 heteroatoms. The Morgan fingerprint density at radius 1 is 0.587 bits per heavy atom. The summed E-state index contributed by atoms with van der Waals surface area (Å²) < 4.78 is 5.68. The number of benzene rings is 2. The second kappa shape index (κ2) is 14.9. The van der Waals surface area contributed by atoms with Crippen molar-refractivity contribution in [2.75, 3.05) is 0 Å². The highest BCUT2D eigenvalue weighted by Gasteiger charge is 2.60. The van der Waals surface area contributed by atoms with Gasteiger partial charge in [0.05, 0.1) is 11.0 Å². The molecule has 0 amide bonds. The van der Waals surface area contributed by atoms with Crippen LogP contribution in [0.4, 0.5) is 0 Å². The number of aromatic nitrogens is 2. The highest BCUT2D eigenvalue weighted by molar-refractivity contribution is 5.69. The topological polar surface area (TPSA) is 7.76 Å². The number of nitrogens with zero attached hydrogens (tertiary/aromatic N) is 2. The van der Waals surface area contributed by atoms with Gasteiger partial charge in [0.1, 0.15) is 6.54 Å². The molecule has 330 valence electrons. The zero-order valence-electron chi connectivity index (χ0n) is 39.9. The Morgan fingerprint density at radius 2 is 1.22 bits per heavy atom. The summed E-state index contributed by atoms with van der Waals surface area (Å²) in [7, 11) is 0. The zero-order chi connectivity index (χ0) is 42.4. The van der Waals surface area contributed by atoms with Crippen molar-refractivity contribution in [2.45, 2.75) is 216 Å². The smallest absolute Gasteiger partial charge is 0.198 e. The van der Waals surface area contributed by atoms with Crippen molar-refractivity contribution in [3.05, 3.63) is 105 Å². The number of aryl methyl sites for hydroxylation is 2. The molecule has 2 nitrogen and oxygen atoms in total. The zero-order valence-corrected chi connectivity index (χ0v) is 39.9. The second-order valence-corrected chi connectivity index (χ2v) is 24.3. The fourth-order valence-electron chi connectivity index (χ4n) is 18.6. The highest BCUT2D eigenvalue weighted by Crippen LogP contribution is 2.61. The molecule has 0 N–H and O–H groups in total. The van der Waals surface area contributed by atoms with Gasteiger partial charge in [0.25, 0.3) is 0 Å². The van der Waals surface area contributed by atoms with Crippen molar-refractivity contribution < 1.29 is 9.13 Å². The van der Waals surface area contributed by atoms with Gasteiger partial charge in [0, 0.05) is 48.6 Å². The molecule has 12 aliphatic rings. The van der Waals surface area contributed by atoms with Crippen molar-refractivity contribution >= 4 is 0 Å². The maximum Gasteiger partial charge on any atom is 0.213 e. The molecule has 5 saturated carbocycles. The predicted octanol–water partition coefficient (Wildman–Crippen LogP) is 15.1. The third kappa shape index (κ3) is 5.92. The van der Waals surface area contributed by atoms with Crippen LogP contribution in [0.3, 0.4) is 0 Å². The number of hydrogen-bond acceptors (Lipinski definition) is 0. The Morgan fingerprint density at radius 3 is 1.89 bits per heavy atom. The van der Waals surface area contributed by atoms with E-state index in [1.54, 1.807) is 55.8 Å². The molecule has 16 rings (SSSR count). The number of unbranched alkanes of at least 4 members (excludes halogenated alkanes) is 1. The summed E-state index contributed by atoms with van der Waals surface area (Å²) in [6, 6.07) is 21.1. The summed E-state index contributed by atoms with van der Waals surface area (Å²) in [4.78, 5) is 0. The molecule has 63 heavy (non-hydrogen) atoms. The summed E-state index contributed by atoms with van der Waals surface area (Å²) in [6.45, 7) is 13.7. The van der Waals surface area contributed by atoms with Crippen LogP contribution in [-0.4, -0.2) is 0 Å². The van der Waals surface area contributed by atoms with Gasteiger partial charge in [-0.05, 0) is 232 Å². The predicted molar refractivity (Wildman–Crippen MR) is 257 cm³/mol. The largest absolute Gasteiger partial charge is 0.213 e. The lowest BCUT2D eigenvalue weighted by atomic mass is 9.55. The number of rotatable bonds is 10. The average Bonchev–Trinajstić information content (AvgIpc) is 3.57. The SMILES string of the molecule is CCCCC1CC2CCC1c1cc3c(cc12)C(C)(CC)C(CC)(CCC[n+]1cc2c(cc1-c1cc4c(cc1C)C1CC5CC(C1)CC4C5)C1CC4CC(C1)CC2C4)[n+]1ccccc1-3. The fourth-order valence-corrected chi connectivity index (χ4v) is 18.6. The molecule has 2 aromatic heterocycles. The van der Waals surface area contributed by atoms with E-state index in [2.05, 4.69) is 105 Å². The van der Waals surface area contributed by atoms with E-state index in [0.717, 1.165) is 78.1 Å². The first kappa shape index (κ1) is 40.1. The van der Waals surface area contributed by atoms with Gasteiger partial charge in [-0.15, -0.1) is 0 Å². The Bertz CT molecular complexity index is 2450. The maximum atomic E-state index is 2.85. The third-order valence-corrected chi connectivity index (χ3v) is 21.4. The maximum absolute atomic E-state index is 2.85. The van der Waals surface area contributed by atoms with E-state index in [-0.39, 0.29) is 11.0 Å². The normalized spacial score (nSPS) is 36.9. The van der Waals surface area contributed by atoms with E-state index in [0.29, 0.717) is 0 Å². The van der Waals surface area contributed by atoms with Gasteiger partial charge >= 0.3 is 0 Å². The molecular weight excluding hydrogens is 761 g/mol. The van der Waals surface area contributed by atoms with Crippen molar-refractivity contribution in [1.82, 2.24) is 0 Å². The summed E-state index contributed by atoms with van der Waals surface area (Å²) in [5, 5.41) is 0. The molecule has 1 aliphatic heterocycles. The van der Waals surface area contributed by atoms with Crippen LogP contribution >= 0.6 is 0 Å². The lowest BCUT2D eigenvalue weighted by Crippen LogP contribution is -2.69. The molecule has 11 aliphatic carbocycles. The molecule has 9 unspecified atom stereocenters. The van der Waals surface area contributed by atoms with E-state index in [9.17, 15) is 0 Å². The average molecular weight is 839 g/mol. The van der Waals surface area contributed by atoms with Gasteiger partial charge in [-0.25, -0.2) is 0 Å². The van der Waals surface area contributed by atoms with Gasteiger partial charge < -0.3 is 0 Å². The van der Waals surface area contributed by atoms with Crippen LogP contribution in [-0.2, 0) is 17.5 Å². The van der Waals surface area contributed by atoms with Gasteiger partial charge in [-0.3, -0.25) is 0 Å². The molecule has 0 saturated heterocycles. The molecule has 2 aromatic carbocycles. The van der Waals surface area contributed by atoms with Crippen LogP contribution in [0.25, 0.3) is 22.5 Å². The van der Waals surface area contributed by atoms with Crippen molar-refractivity contribution in [3.8, 4) is 22.5 Å². The van der Waals surface area contributed by atoms with E-state index in [4.69, 9.17) is 0 Å². The van der Waals surface area contributed by atoms with E-state index >= 15 is 0 Å². The van der Waals surface area contributed by atoms with Crippen LogP contribution in [0, 0.1) is 36.5 Å². The van der Waals surface area contributed by atoms with Crippen LogP contribution < -0.4 is 9.13 Å². The molecule has 3 heterocycles. The van der Waals surface area contributed by atoms with Gasteiger partial charge in [-0.2, -0.15) is 9.13 Å². The Labute approximate surface area is 381 Å². The molecule has 10 bridgehead atoms. The third-order valence-electron chi connectivity index (χ3n) is 21.4. The van der Waals surface area contributed by atoms with Crippen LogP contribution in [0.1, 0.15) is 236 Å². The minimum atomic E-state index is 0.0134. The molecule has 0 spiro atoms. The van der Waals surface area contributed by atoms with E-state index in [1.807, 2.05) is 0 Å². The van der Waals surface area contributed by atoms with Crippen LogP contribution in [0.2, 0.25) is 0 Å². The van der Waals surface area contributed by atoms with Gasteiger partial charge in [0.2, 0.25) is 11.4 Å². The lowest BCUT2D eigenvalue weighted by molar-refractivity contribution is -0.771. The minimum Gasteiger partial charge on any atom is -0.198 e. The van der Waals surface area contributed by atoms with E-state index < -0.39 is 0 Å². The minimum absolute atomic E-state index is 0.0134. The summed E-state index contributed by atoms with van der Waals surface area (Å²) in [5.41, 5.74) is 19.9. The van der Waals surface area contributed by atoms with Gasteiger partial charge in [-0.1, -0.05) is 45.7 Å². The standard InChI is InChI=1S/C61H78N2/c1-6-9-13-42-31-43-15-16-48(42)54-33-55-57(34-52(43)54)60(5,7-2)61(8-3,63-19-11-10-14-58(55)63)17-12-18-62-36-56-47-29-40-22-41(30-47)28-46(27-40)53(56)35-59(62)49-32-51-45-25-38-21-39(26-45)24-44(23-38)50(51)20-37(49)4/h10-11,14,19-20,32-36,38-48H,6-9,12-13,15-18,21-31H2,1-5H3/q+2. The van der Waals surface area contributed by atoms with Crippen molar-refractivity contribution in [3.63, 3.8) is 0 Å². The molecule has 4 aromatic rings. The number of pyridine rings is 2. The number of fused-ring (bicyclic) bond motifs is 5. The molecule has 9 atom stereocenters. The lowest BCUT2D eigenvalue weighted by Gasteiger charge is -2.50. The molecular formula is C61H78N2+2. The second-order valence-electron chi connectivity index (χ2n) is 24.3. The Kier molecular flexibility index (Phi) is 9.46. The Balaban J connectivity index is 0.897.